The number of guanidine groups is 1. The van der Waals surface area contributed by atoms with Crippen LogP contribution in [0.15, 0.2) is 35.5 Å². The summed E-state index contributed by atoms with van der Waals surface area (Å²) >= 11 is -2.19. The number of carbonyl (C=O) groups is 4. The Labute approximate surface area is 202 Å². The molecule has 1 aromatic carbocycles. The van der Waals surface area contributed by atoms with E-state index in [9.17, 15) is 33.0 Å². The third-order valence-corrected chi connectivity index (χ3v) is 5.59. The number of ether oxygens (including phenoxy) is 2. The molecule has 0 amide bonds. The van der Waals surface area contributed by atoms with Gasteiger partial charge in [0.15, 0.2) is 16.7 Å². The van der Waals surface area contributed by atoms with Crippen molar-refractivity contribution in [1.29, 1.82) is 0 Å². The minimum atomic E-state index is -2.82. The van der Waals surface area contributed by atoms with E-state index < -0.39 is 71.4 Å². The number of oxime groups is 1. The summed E-state index contributed by atoms with van der Waals surface area (Å²) in [6.07, 6.45) is -2.94. The summed E-state index contributed by atoms with van der Waals surface area (Å²) in [5.74, 6) is -6.48. The number of nitrogens with two attached hydrogens (primary N) is 2. The van der Waals surface area contributed by atoms with Crippen molar-refractivity contribution in [2.45, 2.75) is 31.0 Å². The number of esters is 3. The van der Waals surface area contributed by atoms with Crippen LogP contribution >= 0.6 is 0 Å². The third kappa shape index (κ3) is 9.05. The first-order valence-corrected chi connectivity index (χ1v) is 11.6. The molecule has 1 aromatic rings. The first-order valence-electron chi connectivity index (χ1n) is 10.3. The van der Waals surface area contributed by atoms with Gasteiger partial charge in [-0.15, -0.1) is 0 Å². The molecule has 1 saturated heterocycles. The second-order valence-electron chi connectivity index (χ2n) is 7.68. The second-order valence-corrected chi connectivity index (χ2v) is 8.65. The van der Waals surface area contributed by atoms with E-state index in [-0.39, 0.29) is 24.3 Å². The highest BCUT2D eigenvalue weighted by molar-refractivity contribution is 7.79. The molecule has 0 spiro atoms. The lowest BCUT2D eigenvalue weighted by molar-refractivity contribution is -0.183. The minimum absolute atomic E-state index is 0.0358. The van der Waals surface area contributed by atoms with Crippen molar-refractivity contribution in [1.82, 2.24) is 5.32 Å². The fraction of sp³-hybridized carbons (Fsp3) is 0.450. The van der Waals surface area contributed by atoms with Crippen LogP contribution in [0.3, 0.4) is 0 Å². The number of hydrogen-bond donors (Lipinski definition) is 5. The van der Waals surface area contributed by atoms with E-state index in [1.807, 2.05) is 0 Å². The maximum Gasteiger partial charge on any atom is 0.345 e. The lowest BCUT2D eigenvalue weighted by Crippen LogP contribution is -2.50. The maximum absolute atomic E-state index is 12.9. The predicted molar refractivity (Wildman–Crippen MR) is 119 cm³/mol. The van der Waals surface area contributed by atoms with E-state index in [4.69, 9.17) is 16.2 Å². The van der Waals surface area contributed by atoms with E-state index in [0.717, 1.165) is 0 Å². The third-order valence-electron chi connectivity index (χ3n) is 4.88. The van der Waals surface area contributed by atoms with Crippen molar-refractivity contribution in [3.05, 3.63) is 35.9 Å². The number of hydrogen-bond acceptors (Lipinski definition) is 11. The number of carbonyl (C=O) groups excluding carboxylic acids is 4. The van der Waals surface area contributed by atoms with Gasteiger partial charge in [0.25, 0.3) is 0 Å². The molecule has 7 N–H and O–H groups in total. The van der Waals surface area contributed by atoms with Gasteiger partial charge in [0.05, 0.1) is 24.2 Å². The molecular formula is C20H26N4O10S. The van der Waals surface area contributed by atoms with E-state index in [0.29, 0.717) is 6.54 Å². The van der Waals surface area contributed by atoms with Gasteiger partial charge in [-0.25, -0.2) is 18.6 Å². The highest BCUT2D eigenvalue weighted by atomic mass is 32.2. The Bertz CT molecular complexity index is 985. The van der Waals surface area contributed by atoms with Crippen LogP contribution in [-0.4, -0.2) is 74.3 Å². The summed E-state index contributed by atoms with van der Waals surface area (Å²) in [5.41, 5.74) is 7.35. The molecule has 14 nitrogen and oxygen atoms in total. The highest BCUT2D eigenvalue weighted by Gasteiger charge is 2.46. The normalized spacial score (nSPS) is 19.9. The average molecular weight is 515 g/mol. The lowest BCUT2D eigenvalue weighted by Gasteiger charge is -2.33. The number of rotatable bonds is 10. The van der Waals surface area contributed by atoms with Gasteiger partial charge in [-0.2, -0.15) is 0 Å². The van der Waals surface area contributed by atoms with Crippen LogP contribution in [0, 0.1) is 5.92 Å². The van der Waals surface area contributed by atoms with Crippen molar-refractivity contribution in [2.75, 3.05) is 18.8 Å². The number of aliphatic hydroxyl groups is 1. The molecule has 2 rings (SSSR count). The number of nitrogens with zero attached hydrogens (tertiary/aromatic N) is 1. The molecule has 0 saturated carbocycles. The lowest BCUT2D eigenvalue weighted by atomic mass is 9.94. The monoisotopic (exact) mass is 514 g/mol. The van der Waals surface area contributed by atoms with Crippen molar-refractivity contribution >= 4 is 40.9 Å². The molecule has 4 unspecified atom stereocenters. The smallest absolute Gasteiger partial charge is 0.345 e. The Morgan fingerprint density at radius 1 is 1.14 bits per heavy atom. The zero-order valence-corrected chi connectivity index (χ0v) is 19.3. The highest BCUT2D eigenvalue weighted by Crippen LogP contribution is 2.25. The maximum atomic E-state index is 12.9. The number of piperidine rings is 1. The van der Waals surface area contributed by atoms with Crippen LogP contribution in [-0.2, 0) is 39.8 Å². The van der Waals surface area contributed by atoms with Crippen molar-refractivity contribution in [3.8, 4) is 0 Å². The minimum Gasteiger partial charge on any atom is -0.460 e. The molecule has 0 radical (unpaired) electrons. The topological polar surface area (TPSA) is 230 Å². The summed E-state index contributed by atoms with van der Waals surface area (Å²) in [6, 6.07) is 7.46. The SMILES string of the molecule is NC(N)=NOC(=O)CC(O)(CC(=O)OC(=O)c1ccccc1)C(=O)OC1CCNCC1CS(=O)O. The van der Waals surface area contributed by atoms with Crippen LogP contribution < -0.4 is 16.8 Å². The van der Waals surface area contributed by atoms with Gasteiger partial charge in [-0.05, 0) is 30.3 Å². The fourth-order valence-electron chi connectivity index (χ4n) is 3.24. The molecular weight excluding hydrogens is 488 g/mol. The van der Waals surface area contributed by atoms with Crippen LogP contribution in [0.25, 0.3) is 0 Å². The molecule has 1 aliphatic rings. The van der Waals surface area contributed by atoms with Gasteiger partial charge in [-0.1, -0.05) is 18.2 Å². The zero-order valence-electron chi connectivity index (χ0n) is 18.5. The quantitative estimate of drug-likeness (QED) is 0.0449. The average Bonchev–Trinajstić information content (AvgIpc) is 2.79. The van der Waals surface area contributed by atoms with Gasteiger partial charge in [0.1, 0.15) is 6.10 Å². The van der Waals surface area contributed by atoms with E-state index >= 15 is 0 Å². The first kappa shape index (κ1) is 27.8. The summed E-state index contributed by atoms with van der Waals surface area (Å²) in [5, 5.41) is 16.9. The van der Waals surface area contributed by atoms with Crippen molar-refractivity contribution in [2.24, 2.45) is 22.5 Å². The molecule has 0 bridgehead atoms. The number of benzene rings is 1. The molecule has 35 heavy (non-hydrogen) atoms. The molecule has 1 aliphatic heterocycles. The molecule has 4 atom stereocenters. The summed E-state index contributed by atoms with van der Waals surface area (Å²) in [4.78, 5) is 53.9. The Kier molecular flexibility index (Phi) is 10.3. The Hall–Kier alpha value is -3.40. The van der Waals surface area contributed by atoms with E-state index in [1.165, 1.54) is 24.3 Å². The van der Waals surface area contributed by atoms with E-state index in [2.05, 4.69) is 20.0 Å². The summed E-state index contributed by atoms with van der Waals surface area (Å²) in [7, 11) is 0. The second kappa shape index (κ2) is 12.9. The van der Waals surface area contributed by atoms with Crippen LogP contribution in [0.5, 0.6) is 0 Å². The van der Waals surface area contributed by atoms with Gasteiger partial charge < -0.3 is 40.8 Å². The molecule has 192 valence electrons. The molecule has 1 fully saturated rings. The molecule has 0 aromatic heterocycles. The first-order chi connectivity index (χ1) is 16.5. The molecule has 0 aliphatic carbocycles. The van der Waals surface area contributed by atoms with Crippen molar-refractivity contribution < 1.29 is 47.4 Å². The van der Waals surface area contributed by atoms with Gasteiger partial charge in [-0.3, -0.25) is 4.79 Å². The van der Waals surface area contributed by atoms with E-state index in [1.54, 1.807) is 6.07 Å². The van der Waals surface area contributed by atoms with Gasteiger partial charge >= 0.3 is 23.9 Å². The van der Waals surface area contributed by atoms with Gasteiger partial charge in [0, 0.05) is 12.5 Å². The number of nitrogens with one attached hydrogen (secondary N) is 1. The fourth-order valence-corrected chi connectivity index (χ4v) is 3.94. The largest absolute Gasteiger partial charge is 0.460 e. The van der Waals surface area contributed by atoms with Crippen molar-refractivity contribution in [3.63, 3.8) is 0 Å². The summed E-state index contributed by atoms with van der Waals surface area (Å²) in [6.45, 7) is 0.661. The standard InChI is InChI=1S/C20H26N4O10S/c21-19(22)24-34-16(26)9-20(29,8-15(25)33-17(27)12-4-2-1-3-5-12)18(28)32-14-6-7-23-10-13(14)11-35(30)31/h1-5,13-14,23,29H,6-11H2,(H,30,31)(H4,21,22,24). The zero-order chi connectivity index (χ0) is 26.0. The van der Waals surface area contributed by atoms with Gasteiger partial charge in [0.2, 0.25) is 5.96 Å². The molecule has 15 heteroatoms. The van der Waals surface area contributed by atoms with Crippen LogP contribution in [0.1, 0.15) is 29.6 Å². The summed E-state index contributed by atoms with van der Waals surface area (Å²) < 4.78 is 30.4. The molecule has 1 heterocycles. The Morgan fingerprint density at radius 2 is 1.80 bits per heavy atom. The Morgan fingerprint density at radius 3 is 2.43 bits per heavy atom. The van der Waals surface area contributed by atoms with Crippen LogP contribution in [0.2, 0.25) is 0 Å². The Balaban J connectivity index is 2.18. The van der Waals surface area contributed by atoms with Crippen LogP contribution in [0.4, 0.5) is 0 Å². The predicted octanol–water partition coefficient (Wildman–Crippen LogP) is -1.64.